The van der Waals surface area contributed by atoms with Gasteiger partial charge in [-0.05, 0) is 31.6 Å². The van der Waals surface area contributed by atoms with Crippen LogP contribution in [0.4, 0.5) is 0 Å². The van der Waals surface area contributed by atoms with Gasteiger partial charge in [0.15, 0.2) is 0 Å². The second-order valence-electron chi connectivity index (χ2n) is 11.1. The molecule has 0 aromatic rings. The smallest absolute Gasteiger partial charge is 0.242 e. The number of carbonyl (C=O) groups excluding carboxylic acids is 2. The van der Waals surface area contributed by atoms with Crippen molar-refractivity contribution in [3.63, 3.8) is 0 Å². The van der Waals surface area contributed by atoms with Gasteiger partial charge in [0.2, 0.25) is 11.8 Å². The van der Waals surface area contributed by atoms with Crippen molar-refractivity contribution < 1.29 is 14.3 Å². The first-order valence-corrected chi connectivity index (χ1v) is 14.7. The minimum Gasteiger partial charge on any atom is -0.380 e. The van der Waals surface area contributed by atoms with Gasteiger partial charge in [0.1, 0.15) is 11.5 Å². The Hall–Kier alpha value is -1.17. The number of hydrazine groups is 1. The van der Waals surface area contributed by atoms with E-state index >= 15 is 0 Å². The lowest BCUT2D eigenvalue weighted by atomic mass is 9.70. The third kappa shape index (κ3) is 5.61. The van der Waals surface area contributed by atoms with Crippen molar-refractivity contribution >= 4 is 35.2 Å². The number of thioether (sulfide) groups is 1. The van der Waals surface area contributed by atoms with Crippen LogP contribution in [0.15, 0.2) is 0 Å². The number of carbonyl (C=O) groups is 2. The lowest BCUT2D eigenvalue weighted by Gasteiger charge is -2.45. The number of amides is 2. The molecule has 5 N–H and O–H groups in total. The fourth-order valence-corrected chi connectivity index (χ4v) is 8.51. The van der Waals surface area contributed by atoms with Crippen LogP contribution in [0, 0.1) is 35.0 Å². The van der Waals surface area contributed by atoms with Gasteiger partial charge < -0.3 is 20.3 Å². The van der Waals surface area contributed by atoms with E-state index in [9.17, 15) is 14.9 Å². The highest BCUT2D eigenvalue weighted by molar-refractivity contribution is 8.00. The Morgan fingerprint density at radius 1 is 1.16 bits per heavy atom. The van der Waals surface area contributed by atoms with E-state index in [4.69, 9.17) is 16.3 Å². The molecule has 5 saturated heterocycles. The normalized spacial score (nSPS) is 44.4. The summed E-state index contributed by atoms with van der Waals surface area (Å²) in [6.45, 7) is 5.20. The fraction of sp³-hybridized carbons (Fsp3) is 0.875. The summed E-state index contributed by atoms with van der Waals surface area (Å²) in [5.74, 6) is -0.0512. The van der Waals surface area contributed by atoms with Gasteiger partial charge in [-0.3, -0.25) is 25.6 Å². The Kier molecular flexibility index (Phi) is 8.53. The number of likely N-dealkylation sites (N-methyl/N-ethyl adjacent to an activating group) is 1. The van der Waals surface area contributed by atoms with Crippen molar-refractivity contribution in [1.29, 1.82) is 5.26 Å². The summed E-state index contributed by atoms with van der Waals surface area (Å²) in [6, 6.07) is 2.25. The fourth-order valence-electron chi connectivity index (χ4n) is 6.81. The van der Waals surface area contributed by atoms with Crippen LogP contribution in [0.3, 0.4) is 0 Å². The molecule has 11 atom stereocenters. The number of hydrogen-bond acceptors (Lipinski definition) is 10. The maximum atomic E-state index is 13.6. The molecule has 0 saturated carbocycles. The topological polar surface area (TPSA) is 134 Å². The van der Waals surface area contributed by atoms with Gasteiger partial charge in [-0.1, -0.05) is 0 Å². The van der Waals surface area contributed by atoms with Gasteiger partial charge in [-0.25, -0.2) is 5.01 Å². The Morgan fingerprint density at radius 2 is 1.97 bits per heavy atom. The summed E-state index contributed by atoms with van der Waals surface area (Å²) in [6.07, 6.45) is 1.73. The zero-order chi connectivity index (χ0) is 26.3. The molecule has 5 heterocycles. The third-order valence-corrected chi connectivity index (χ3v) is 10.5. The molecule has 0 bridgehead atoms. The maximum absolute atomic E-state index is 13.6. The number of alkyl halides is 1. The molecular formula is C24H39ClN8O3S. The van der Waals surface area contributed by atoms with Gasteiger partial charge >= 0.3 is 0 Å². The summed E-state index contributed by atoms with van der Waals surface area (Å²) >= 11 is 8.14. The molecule has 2 amide bonds. The van der Waals surface area contributed by atoms with Gasteiger partial charge in [-0.2, -0.15) is 5.26 Å². The number of nitrogens with zero attached hydrogens (tertiary/aromatic N) is 3. The van der Waals surface area contributed by atoms with E-state index in [1.54, 1.807) is 23.9 Å². The van der Waals surface area contributed by atoms with E-state index in [0.29, 0.717) is 38.8 Å². The molecule has 0 aromatic carbocycles. The highest BCUT2D eigenvalue weighted by Gasteiger charge is 2.49. The van der Waals surface area contributed by atoms with Crippen LogP contribution < -0.4 is 26.7 Å². The molecule has 0 radical (unpaired) electrons. The zero-order valence-electron chi connectivity index (χ0n) is 21.7. The van der Waals surface area contributed by atoms with Crippen LogP contribution in [0.25, 0.3) is 0 Å². The van der Waals surface area contributed by atoms with E-state index in [0.717, 1.165) is 12.8 Å². The first-order chi connectivity index (χ1) is 17.8. The Balaban J connectivity index is 1.18. The van der Waals surface area contributed by atoms with Crippen molar-refractivity contribution in [3.05, 3.63) is 0 Å². The van der Waals surface area contributed by atoms with Crippen LogP contribution in [0.2, 0.25) is 0 Å². The molecule has 0 aliphatic carbocycles. The second kappa shape index (κ2) is 11.5. The van der Waals surface area contributed by atoms with E-state index in [1.807, 2.05) is 11.9 Å². The minimum atomic E-state index is -0.457. The highest BCUT2D eigenvalue weighted by atomic mass is 35.5. The van der Waals surface area contributed by atoms with Crippen LogP contribution in [0.5, 0.6) is 0 Å². The summed E-state index contributed by atoms with van der Waals surface area (Å²) in [7, 11) is 3.55. The summed E-state index contributed by atoms with van der Waals surface area (Å²) < 4.78 is 5.79. The number of piperidine rings is 2. The Bertz CT molecular complexity index is 896. The molecule has 5 aliphatic heterocycles. The second-order valence-corrected chi connectivity index (χ2v) is 13.0. The molecule has 0 spiro atoms. The van der Waals surface area contributed by atoms with E-state index in [1.165, 1.54) is 0 Å². The van der Waals surface area contributed by atoms with E-state index in [-0.39, 0.29) is 63.9 Å². The molecule has 11 unspecified atom stereocenters. The van der Waals surface area contributed by atoms with Crippen molar-refractivity contribution in [2.75, 3.05) is 46.9 Å². The lowest BCUT2D eigenvalue weighted by Crippen LogP contribution is -2.57. The van der Waals surface area contributed by atoms with E-state index in [2.05, 4.69) is 39.7 Å². The van der Waals surface area contributed by atoms with Crippen LogP contribution >= 0.6 is 23.4 Å². The Labute approximate surface area is 228 Å². The first-order valence-electron chi connectivity index (χ1n) is 13.3. The highest BCUT2D eigenvalue weighted by Crippen LogP contribution is 2.38. The molecule has 11 nitrogen and oxygen atoms in total. The molecule has 206 valence electrons. The number of hydrogen-bond donors (Lipinski definition) is 5. The largest absolute Gasteiger partial charge is 0.380 e. The van der Waals surface area contributed by atoms with Crippen LogP contribution in [-0.2, 0) is 14.3 Å². The molecule has 13 heteroatoms. The number of nitrogens with one attached hydrogen (secondary N) is 5. The average Bonchev–Trinajstić information content (AvgIpc) is 3.56. The van der Waals surface area contributed by atoms with E-state index < -0.39 is 6.04 Å². The summed E-state index contributed by atoms with van der Waals surface area (Å²) in [4.78, 5) is 28.6. The first kappa shape index (κ1) is 27.4. The van der Waals surface area contributed by atoms with Gasteiger partial charge in [0.25, 0.3) is 0 Å². The number of nitriles is 1. The molecule has 5 aliphatic rings. The number of likely N-dealkylation sites (tertiary alicyclic amines) is 1. The molecule has 37 heavy (non-hydrogen) atoms. The zero-order valence-corrected chi connectivity index (χ0v) is 23.2. The standard InChI is InChI=1S/C24H39ClN8O3S/c1-12-4-14(15-5-20(25)28-9-18(15)36-3)16(8-27-12)22(34)31-24-30-17-10-33(11-19(17)37-24)23(35)21-13(6-26)7-29-32(21)2/h12-21,24,27-30H,4-5,7-11H2,1-3H3,(H,31,34). The quantitative estimate of drug-likeness (QED) is 0.214. The van der Waals surface area contributed by atoms with Crippen molar-refractivity contribution in [2.24, 2.45) is 23.7 Å². The number of rotatable bonds is 5. The molecule has 0 aromatic heterocycles. The van der Waals surface area contributed by atoms with Crippen LogP contribution in [0.1, 0.15) is 19.8 Å². The molecule has 5 fully saturated rings. The maximum Gasteiger partial charge on any atom is 0.242 e. The van der Waals surface area contributed by atoms with Crippen molar-refractivity contribution in [3.8, 4) is 6.07 Å². The number of fused-ring (bicyclic) bond motifs is 1. The SMILES string of the molecule is COC1CNC(Cl)CC1C1CC(C)NCC1C(=O)NC1NC2CN(C(=O)C3C(C#N)CNN3C)CC2S1. The predicted molar refractivity (Wildman–Crippen MR) is 141 cm³/mol. The average molecular weight is 555 g/mol. The van der Waals surface area contributed by atoms with Gasteiger partial charge in [-0.15, -0.1) is 23.4 Å². The van der Waals surface area contributed by atoms with Gasteiger partial charge in [0, 0.05) is 64.2 Å². The van der Waals surface area contributed by atoms with Gasteiger partial charge in [0.05, 0.1) is 29.5 Å². The number of ether oxygens (including phenoxy) is 1. The van der Waals surface area contributed by atoms with Crippen molar-refractivity contribution in [1.82, 2.24) is 36.6 Å². The summed E-state index contributed by atoms with van der Waals surface area (Å²) in [5.41, 5.74) is 2.80. The molecule has 5 rings (SSSR count). The summed E-state index contributed by atoms with van der Waals surface area (Å²) in [5, 5.41) is 24.9. The molecular weight excluding hydrogens is 516 g/mol. The van der Waals surface area contributed by atoms with Crippen LogP contribution in [-0.4, -0.2) is 109 Å². The number of methoxy groups -OCH3 is 1. The van der Waals surface area contributed by atoms with Crippen molar-refractivity contribution in [2.45, 2.75) is 60.2 Å². The Morgan fingerprint density at radius 3 is 2.70 bits per heavy atom. The number of halogens is 1. The monoisotopic (exact) mass is 554 g/mol. The minimum absolute atomic E-state index is 0.00561. The lowest BCUT2D eigenvalue weighted by molar-refractivity contribution is -0.136. The predicted octanol–water partition coefficient (Wildman–Crippen LogP) is -0.936. The third-order valence-electron chi connectivity index (χ3n) is 8.82.